The fourth-order valence-electron chi connectivity index (χ4n) is 1.45. The fraction of sp³-hybridized carbons (Fsp3) is 0.500. The van der Waals surface area contributed by atoms with Crippen molar-refractivity contribution < 1.29 is 45.6 Å². The van der Waals surface area contributed by atoms with Crippen molar-refractivity contribution in [2.75, 3.05) is 6.54 Å². The third kappa shape index (κ3) is 3.19. The number of carboxylic acids is 2. The zero-order chi connectivity index (χ0) is 15.7. The number of aliphatic carboxylic acids is 2. The van der Waals surface area contributed by atoms with Crippen LogP contribution >= 0.6 is 0 Å². The Bertz CT molecular complexity index is 565. The Hall–Kier alpha value is -1.82. The van der Waals surface area contributed by atoms with Crippen LogP contribution in [0.2, 0.25) is 0 Å². The van der Waals surface area contributed by atoms with E-state index in [4.69, 9.17) is 10.2 Å². The third-order valence-electron chi connectivity index (χ3n) is 2.26. The van der Waals surface area contributed by atoms with E-state index in [2.05, 4.69) is 9.50 Å². The number of carbonyl (C=O) groups is 2. The smallest absolute Gasteiger partial charge is 0.480 e. The van der Waals surface area contributed by atoms with Gasteiger partial charge in [0.25, 0.3) is 0 Å². The van der Waals surface area contributed by atoms with Crippen LogP contribution in [0.5, 0.6) is 0 Å². The monoisotopic (exact) mass is 319 g/mol. The normalized spacial score (nSPS) is 20.6. The molecule has 0 aromatic rings. The summed E-state index contributed by atoms with van der Waals surface area (Å²) in [5.41, 5.74) is -6.83. The van der Waals surface area contributed by atoms with Crippen molar-refractivity contribution in [2.24, 2.45) is 0 Å². The van der Waals surface area contributed by atoms with Crippen LogP contribution in [0.15, 0.2) is 11.3 Å². The number of rotatable bonds is 4. The van der Waals surface area contributed by atoms with Gasteiger partial charge in [-0.25, -0.2) is 4.79 Å². The first-order valence-corrected chi connectivity index (χ1v) is 6.31. The van der Waals surface area contributed by atoms with Gasteiger partial charge in [0, 0.05) is 13.0 Å². The molecule has 8 nitrogen and oxygen atoms in total. The second-order valence-electron chi connectivity index (χ2n) is 3.60. The molecule has 0 saturated heterocycles. The summed E-state index contributed by atoms with van der Waals surface area (Å²) < 4.78 is 61.9. The Balaban J connectivity index is 3.28. The topological polar surface area (TPSA) is 130 Å². The summed E-state index contributed by atoms with van der Waals surface area (Å²) in [7, 11) is -6.05. The summed E-state index contributed by atoms with van der Waals surface area (Å²) in [4.78, 5) is 21.7. The van der Waals surface area contributed by atoms with Crippen molar-refractivity contribution in [1.29, 1.82) is 0 Å². The van der Waals surface area contributed by atoms with E-state index in [0.29, 0.717) is 0 Å². The molecule has 1 aliphatic rings. The van der Waals surface area contributed by atoms with Gasteiger partial charge in [0.15, 0.2) is 0 Å². The third-order valence-corrected chi connectivity index (χ3v) is 3.25. The van der Waals surface area contributed by atoms with Crippen molar-refractivity contribution in [3.05, 3.63) is 11.3 Å². The van der Waals surface area contributed by atoms with Crippen LogP contribution in [0.25, 0.3) is 0 Å². The van der Waals surface area contributed by atoms with Crippen LogP contribution in [0.3, 0.4) is 0 Å². The second-order valence-corrected chi connectivity index (χ2v) is 5.14. The highest BCUT2D eigenvalue weighted by molar-refractivity contribution is 7.87. The van der Waals surface area contributed by atoms with Crippen molar-refractivity contribution in [1.82, 2.24) is 5.32 Å². The zero-order valence-corrected chi connectivity index (χ0v) is 10.3. The molecule has 1 rings (SSSR count). The maximum Gasteiger partial charge on any atom is 0.534 e. The van der Waals surface area contributed by atoms with E-state index < -0.39 is 51.4 Å². The van der Waals surface area contributed by atoms with Crippen LogP contribution in [-0.4, -0.2) is 48.7 Å². The molecule has 0 aromatic carbocycles. The lowest BCUT2D eigenvalue weighted by atomic mass is 10.0. The Kier molecular flexibility index (Phi) is 4.29. The number of nitrogens with one attached hydrogen (secondary N) is 1. The first-order chi connectivity index (χ1) is 8.97. The van der Waals surface area contributed by atoms with Gasteiger partial charge in [0.1, 0.15) is 17.4 Å². The first-order valence-electron chi connectivity index (χ1n) is 4.90. The molecule has 0 aliphatic carbocycles. The van der Waals surface area contributed by atoms with Crippen LogP contribution in [0.1, 0.15) is 6.42 Å². The predicted molar refractivity (Wildman–Crippen MR) is 54.8 cm³/mol. The largest absolute Gasteiger partial charge is 0.534 e. The molecule has 0 amide bonds. The number of hydrogen-bond donors (Lipinski definition) is 3. The van der Waals surface area contributed by atoms with E-state index in [-0.39, 0.29) is 6.54 Å². The van der Waals surface area contributed by atoms with Gasteiger partial charge in [-0.3, -0.25) is 10.1 Å². The Morgan fingerprint density at radius 2 is 1.85 bits per heavy atom. The Morgan fingerprint density at radius 1 is 1.30 bits per heavy atom. The fourth-order valence-corrected chi connectivity index (χ4v) is 1.98. The van der Waals surface area contributed by atoms with Gasteiger partial charge in [0.2, 0.25) is 0 Å². The molecule has 0 fully saturated rings. The molecular formula is C8H8F3NO7S. The van der Waals surface area contributed by atoms with Gasteiger partial charge in [-0.1, -0.05) is 0 Å². The van der Waals surface area contributed by atoms with Gasteiger partial charge < -0.3 is 14.4 Å². The second kappa shape index (κ2) is 5.28. The lowest BCUT2D eigenvalue weighted by Gasteiger charge is -2.24. The SMILES string of the molecule is O=C(O)C1=C(OS(=O)(=O)C(F)(F)F)CCNC1C(=O)O. The minimum absolute atomic E-state index is 0.254. The highest BCUT2D eigenvalue weighted by atomic mass is 32.2. The average Bonchev–Trinajstić information content (AvgIpc) is 2.25. The molecule has 1 aliphatic heterocycles. The van der Waals surface area contributed by atoms with Crippen LogP contribution < -0.4 is 5.32 Å². The molecule has 12 heteroatoms. The van der Waals surface area contributed by atoms with E-state index in [1.807, 2.05) is 0 Å². The molecule has 0 radical (unpaired) electrons. The molecule has 0 aromatic heterocycles. The van der Waals surface area contributed by atoms with Gasteiger partial charge in [-0.2, -0.15) is 21.6 Å². The average molecular weight is 319 g/mol. The number of carboxylic acid groups (broad SMARTS) is 2. The molecule has 114 valence electrons. The van der Waals surface area contributed by atoms with Gasteiger partial charge in [0.05, 0.1) is 0 Å². The van der Waals surface area contributed by atoms with Gasteiger partial charge in [-0.15, -0.1) is 0 Å². The molecule has 3 N–H and O–H groups in total. The minimum atomic E-state index is -6.05. The molecule has 0 spiro atoms. The molecule has 20 heavy (non-hydrogen) atoms. The van der Waals surface area contributed by atoms with Crippen molar-refractivity contribution in [3.63, 3.8) is 0 Å². The molecular weight excluding hydrogens is 311 g/mol. The standard InChI is InChI=1S/C8H8F3NO7S/c9-8(10,11)20(17,18)19-3-1-2-12-5(7(15)16)4(3)6(13)14/h5,12H,1-2H2,(H,13,14)(H,15,16). The number of hydrogen-bond acceptors (Lipinski definition) is 6. The summed E-state index contributed by atoms with van der Waals surface area (Å²) >= 11 is 0. The van der Waals surface area contributed by atoms with E-state index in [1.54, 1.807) is 0 Å². The molecule has 1 heterocycles. The summed E-state index contributed by atoms with van der Waals surface area (Å²) in [6, 6.07) is -1.86. The van der Waals surface area contributed by atoms with Crippen LogP contribution in [0, 0.1) is 0 Å². The minimum Gasteiger partial charge on any atom is -0.480 e. The summed E-state index contributed by atoms with van der Waals surface area (Å²) in [5.74, 6) is -4.63. The highest BCUT2D eigenvalue weighted by Crippen LogP contribution is 2.30. The quantitative estimate of drug-likeness (QED) is 0.473. The highest BCUT2D eigenvalue weighted by Gasteiger charge is 2.50. The lowest BCUT2D eigenvalue weighted by Crippen LogP contribution is -2.45. The van der Waals surface area contributed by atoms with Crippen molar-refractivity contribution in [3.8, 4) is 0 Å². The molecule has 1 atom stereocenters. The van der Waals surface area contributed by atoms with Crippen LogP contribution in [0.4, 0.5) is 13.2 Å². The Morgan fingerprint density at radius 3 is 2.25 bits per heavy atom. The summed E-state index contributed by atoms with van der Waals surface area (Å²) in [5, 5.41) is 19.8. The molecule has 0 saturated carbocycles. The maximum absolute atomic E-state index is 12.2. The molecule has 1 unspecified atom stereocenters. The number of alkyl halides is 3. The van der Waals surface area contributed by atoms with Crippen LogP contribution in [-0.2, 0) is 23.9 Å². The number of halogens is 3. The first kappa shape index (κ1) is 16.2. The van der Waals surface area contributed by atoms with E-state index in [1.165, 1.54) is 0 Å². The maximum atomic E-state index is 12.2. The summed E-state index contributed by atoms with van der Waals surface area (Å²) in [6.07, 6.45) is -0.513. The predicted octanol–water partition coefficient (Wildman–Crippen LogP) is -0.362. The zero-order valence-electron chi connectivity index (χ0n) is 9.47. The van der Waals surface area contributed by atoms with Gasteiger partial charge >= 0.3 is 27.6 Å². The lowest BCUT2D eigenvalue weighted by molar-refractivity contribution is -0.142. The van der Waals surface area contributed by atoms with E-state index in [0.717, 1.165) is 0 Å². The van der Waals surface area contributed by atoms with E-state index in [9.17, 15) is 31.2 Å². The van der Waals surface area contributed by atoms with Crippen molar-refractivity contribution >= 4 is 22.1 Å². The Labute approximate surface area is 110 Å². The van der Waals surface area contributed by atoms with Crippen molar-refractivity contribution in [2.45, 2.75) is 18.0 Å². The summed E-state index contributed by atoms with van der Waals surface area (Å²) in [6.45, 7) is -0.254. The van der Waals surface area contributed by atoms with E-state index >= 15 is 0 Å². The molecule has 0 bridgehead atoms. The van der Waals surface area contributed by atoms with Gasteiger partial charge in [-0.05, 0) is 0 Å².